The van der Waals surface area contributed by atoms with Gasteiger partial charge in [0, 0.05) is 32.4 Å². The molecule has 2 atom stereocenters. The number of carbonyl (C=O) groups is 1. The molecule has 3 N–H and O–H groups in total. The molecule has 0 aliphatic carbocycles. The Labute approximate surface area is 155 Å². The van der Waals surface area contributed by atoms with Crippen LogP contribution in [0.3, 0.4) is 0 Å². The van der Waals surface area contributed by atoms with Gasteiger partial charge in [0.2, 0.25) is 5.91 Å². The molecule has 0 aromatic heterocycles. The molecule has 5 nitrogen and oxygen atoms in total. The summed E-state index contributed by atoms with van der Waals surface area (Å²) in [6.45, 7) is 2.36. The molecule has 138 valence electrons. The van der Waals surface area contributed by atoms with Crippen LogP contribution in [0, 0.1) is 5.92 Å². The second-order valence-corrected chi connectivity index (χ2v) is 6.78. The molecule has 2 aromatic rings. The third-order valence-electron chi connectivity index (χ3n) is 4.89. The highest BCUT2D eigenvalue weighted by molar-refractivity contribution is 5.80. The minimum atomic E-state index is -0.0793. The number of amides is 1. The van der Waals surface area contributed by atoms with E-state index in [2.05, 4.69) is 64.5 Å². The van der Waals surface area contributed by atoms with Crippen molar-refractivity contribution in [3.05, 3.63) is 66.2 Å². The zero-order valence-electron chi connectivity index (χ0n) is 15.3. The van der Waals surface area contributed by atoms with Crippen LogP contribution >= 0.6 is 0 Å². The fourth-order valence-corrected chi connectivity index (χ4v) is 3.35. The number of unbranched alkanes of at least 4 members (excludes halogenated alkanes) is 1. The lowest BCUT2D eigenvalue weighted by Crippen LogP contribution is -2.35. The van der Waals surface area contributed by atoms with Gasteiger partial charge in [0.05, 0.1) is 12.0 Å². The minimum Gasteiger partial charge on any atom is -0.375 e. The van der Waals surface area contributed by atoms with Crippen molar-refractivity contribution in [1.29, 1.82) is 0 Å². The number of anilines is 1. The average Bonchev–Trinajstić information content (AvgIpc) is 3.19. The normalized spacial score (nSPS) is 19.3. The Morgan fingerprint density at radius 3 is 2.50 bits per heavy atom. The molecule has 0 spiro atoms. The van der Waals surface area contributed by atoms with Crippen LogP contribution in [0.4, 0.5) is 5.69 Å². The molecule has 2 unspecified atom stereocenters. The van der Waals surface area contributed by atoms with Crippen molar-refractivity contribution in [2.24, 2.45) is 5.92 Å². The maximum Gasteiger partial charge on any atom is 0.226 e. The van der Waals surface area contributed by atoms with Gasteiger partial charge >= 0.3 is 0 Å². The zero-order chi connectivity index (χ0) is 18.2. The summed E-state index contributed by atoms with van der Waals surface area (Å²) in [5.41, 5.74) is 8.71. The smallest absolute Gasteiger partial charge is 0.226 e. The van der Waals surface area contributed by atoms with E-state index in [1.807, 2.05) is 24.3 Å². The Balaban J connectivity index is 1.39. The van der Waals surface area contributed by atoms with Crippen LogP contribution in [0.2, 0.25) is 0 Å². The van der Waals surface area contributed by atoms with Crippen LogP contribution in [0.25, 0.3) is 0 Å². The number of nitrogens with zero attached hydrogens (tertiary/aromatic N) is 1. The molecule has 1 aliphatic heterocycles. The first-order valence-electron chi connectivity index (χ1n) is 9.33. The number of benzene rings is 2. The van der Waals surface area contributed by atoms with Crippen molar-refractivity contribution in [2.75, 3.05) is 31.6 Å². The fraction of sp³-hybridized carbons (Fsp3) is 0.381. The summed E-state index contributed by atoms with van der Waals surface area (Å²) in [6.07, 6.45) is 2.03. The molecule has 1 aliphatic rings. The van der Waals surface area contributed by atoms with Gasteiger partial charge in [0.15, 0.2) is 0 Å². The van der Waals surface area contributed by atoms with E-state index in [1.165, 1.54) is 5.69 Å². The summed E-state index contributed by atoms with van der Waals surface area (Å²) in [4.78, 5) is 14.8. The summed E-state index contributed by atoms with van der Waals surface area (Å²) < 4.78 is 0. The second-order valence-electron chi connectivity index (χ2n) is 6.78. The molecule has 1 amide bonds. The van der Waals surface area contributed by atoms with Crippen LogP contribution in [-0.4, -0.2) is 32.6 Å². The number of hydrazine groups is 1. The standard InChI is InChI=1S/C21H28N4O/c1-25(18-12-6-3-7-13-18)15-9-8-14-22-21(26)19-16-23-24-20(19)17-10-4-2-5-11-17/h2-7,10-13,19-20,23-24H,8-9,14-16H2,1H3,(H,22,26). The van der Waals surface area contributed by atoms with Gasteiger partial charge in [-0.3, -0.25) is 10.2 Å². The SMILES string of the molecule is CN(CCCCNC(=O)C1CNNC1c1ccccc1)c1ccccc1. The van der Waals surface area contributed by atoms with Gasteiger partial charge in [-0.2, -0.15) is 0 Å². The Morgan fingerprint density at radius 1 is 1.08 bits per heavy atom. The molecule has 0 saturated carbocycles. The highest BCUT2D eigenvalue weighted by atomic mass is 16.2. The predicted molar refractivity (Wildman–Crippen MR) is 106 cm³/mol. The molecule has 0 bridgehead atoms. The van der Waals surface area contributed by atoms with Gasteiger partial charge in [-0.1, -0.05) is 48.5 Å². The van der Waals surface area contributed by atoms with E-state index in [1.54, 1.807) is 0 Å². The molecule has 1 heterocycles. The fourth-order valence-electron chi connectivity index (χ4n) is 3.35. The van der Waals surface area contributed by atoms with Gasteiger partial charge < -0.3 is 10.2 Å². The molecule has 26 heavy (non-hydrogen) atoms. The van der Waals surface area contributed by atoms with Crippen molar-refractivity contribution in [2.45, 2.75) is 18.9 Å². The van der Waals surface area contributed by atoms with Crippen molar-refractivity contribution < 1.29 is 4.79 Å². The molecule has 5 heteroatoms. The monoisotopic (exact) mass is 352 g/mol. The third kappa shape index (κ3) is 4.84. The first kappa shape index (κ1) is 18.4. The van der Waals surface area contributed by atoms with E-state index in [0.717, 1.165) is 31.5 Å². The van der Waals surface area contributed by atoms with Gasteiger partial charge in [-0.05, 0) is 30.5 Å². The van der Waals surface area contributed by atoms with Crippen molar-refractivity contribution in [1.82, 2.24) is 16.2 Å². The lowest BCUT2D eigenvalue weighted by molar-refractivity contribution is -0.124. The highest BCUT2D eigenvalue weighted by Crippen LogP contribution is 2.24. The van der Waals surface area contributed by atoms with E-state index in [0.29, 0.717) is 6.54 Å². The first-order chi connectivity index (χ1) is 12.8. The first-order valence-corrected chi connectivity index (χ1v) is 9.33. The van der Waals surface area contributed by atoms with Gasteiger partial charge in [0.25, 0.3) is 0 Å². The molecule has 0 radical (unpaired) electrons. The summed E-state index contributed by atoms with van der Waals surface area (Å²) in [7, 11) is 2.11. The number of rotatable bonds is 8. The zero-order valence-corrected chi connectivity index (χ0v) is 15.3. The van der Waals surface area contributed by atoms with Crippen LogP contribution in [0.5, 0.6) is 0 Å². The quantitative estimate of drug-likeness (QED) is 0.639. The second kappa shape index (κ2) is 9.36. The Kier molecular flexibility index (Phi) is 6.63. The molecule has 2 aromatic carbocycles. The molecular formula is C21H28N4O. The third-order valence-corrected chi connectivity index (χ3v) is 4.89. The molecule has 3 rings (SSSR count). The summed E-state index contributed by atoms with van der Waals surface area (Å²) >= 11 is 0. The van der Waals surface area contributed by atoms with E-state index >= 15 is 0 Å². The van der Waals surface area contributed by atoms with Gasteiger partial charge in [-0.15, -0.1) is 0 Å². The maximum absolute atomic E-state index is 12.5. The van der Waals surface area contributed by atoms with E-state index in [-0.39, 0.29) is 17.9 Å². The lowest BCUT2D eigenvalue weighted by atomic mass is 9.94. The number of carbonyl (C=O) groups excluding carboxylic acids is 1. The number of para-hydroxylation sites is 1. The van der Waals surface area contributed by atoms with Crippen LogP contribution in [0.1, 0.15) is 24.4 Å². The number of hydrogen-bond acceptors (Lipinski definition) is 4. The Hall–Kier alpha value is -2.37. The number of hydrogen-bond donors (Lipinski definition) is 3. The van der Waals surface area contributed by atoms with Crippen molar-refractivity contribution >= 4 is 11.6 Å². The van der Waals surface area contributed by atoms with Gasteiger partial charge in [-0.25, -0.2) is 5.43 Å². The number of nitrogens with one attached hydrogen (secondary N) is 3. The van der Waals surface area contributed by atoms with Crippen LogP contribution in [0.15, 0.2) is 60.7 Å². The molecule has 1 saturated heterocycles. The van der Waals surface area contributed by atoms with E-state index < -0.39 is 0 Å². The lowest BCUT2D eigenvalue weighted by Gasteiger charge is -2.20. The van der Waals surface area contributed by atoms with Crippen molar-refractivity contribution in [3.8, 4) is 0 Å². The summed E-state index contributed by atoms with van der Waals surface area (Å²) in [5, 5.41) is 3.10. The van der Waals surface area contributed by atoms with Gasteiger partial charge in [0.1, 0.15) is 0 Å². The highest BCUT2D eigenvalue weighted by Gasteiger charge is 2.33. The molecular weight excluding hydrogens is 324 g/mol. The summed E-state index contributed by atoms with van der Waals surface area (Å²) in [6, 6.07) is 20.5. The predicted octanol–water partition coefficient (Wildman–Crippen LogP) is 2.48. The maximum atomic E-state index is 12.5. The van der Waals surface area contributed by atoms with E-state index in [4.69, 9.17) is 0 Å². The van der Waals surface area contributed by atoms with Crippen LogP contribution in [-0.2, 0) is 4.79 Å². The Morgan fingerprint density at radius 2 is 1.77 bits per heavy atom. The summed E-state index contributed by atoms with van der Waals surface area (Å²) in [5.74, 6) is 0.0390. The molecule has 1 fully saturated rings. The Bertz CT molecular complexity index is 677. The largest absolute Gasteiger partial charge is 0.375 e. The topological polar surface area (TPSA) is 56.4 Å². The van der Waals surface area contributed by atoms with E-state index in [9.17, 15) is 4.79 Å². The average molecular weight is 352 g/mol. The van der Waals surface area contributed by atoms with Crippen molar-refractivity contribution in [3.63, 3.8) is 0 Å². The minimum absolute atomic E-state index is 0.0282. The van der Waals surface area contributed by atoms with Crippen LogP contribution < -0.4 is 21.1 Å².